The number of thioether (sulfide) groups is 2. The van der Waals surface area contributed by atoms with Crippen molar-refractivity contribution in [2.24, 2.45) is 4.99 Å². The summed E-state index contributed by atoms with van der Waals surface area (Å²) in [7, 11) is 0. The Kier molecular flexibility index (Phi) is 10.1. The summed E-state index contributed by atoms with van der Waals surface area (Å²) in [5, 5.41) is 10.7. The predicted octanol–water partition coefficient (Wildman–Crippen LogP) is 0.481. The van der Waals surface area contributed by atoms with Crippen LogP contribution in [0.1, 0.15) is 11.4 Å². The van der Waals surface area contributed by atoms with Gasteiger partial charge in [-0.2, -0.15) is 0 Å². The number of aliphatic imine (C=N–C) groups is 1. The number of amides is 1. The molecule has 0 spiro atoms. The average molecular weight is 691 g/mol. The van der Waals surface area contributed by atoms with Crippen LogP contribution in [-0.4, -0.2) is 47.8 Å². The number of halogens is 2. The van der Waals surface area contributed by atoms with Crippen LogP contribution in [0.25, 0.3) is 5.69 Å². The van der Waals surface area contributed by atoms with Gasteiger partial charge in [-0.15, -0.1) is 10.2 Å². The lowest BCUT2D eigenvalue weighted by molar-refractivity contribution is -0.119. The molecule has 168 valence electrons. The van der Waals surface area contributed by atoms with Crippen LogP contribution in [0.4, 0.5) is 0 Å². The highest BCUT2D eigenvalue weighted by Gasteiger charge is 2.19. The number of para-hydroxylation sites is 1. The molecule has 0 fully saturated rings. The Morgan fingerprint density at radius 2 is 1.84 bits per heavy atom. The molecule has 1 aliphatic rings. The summed E-state index contributed by atoms with van der Waals surface area (Å²) in [6.45, 7) is 0.783. The molecule has 0 bridgehead atoms. The van der Waals surface area contributed by atoms with Crippen molar-refractivity contribution in [3.05, 3.63) is 72.1 Å². The van der Waals surface area contributed by atoms with E-state index >= 15 is 0 Å². The van der Waals surface area contributed by atoms with Crippen molar-refractivity contribution in [3.8, 4) is 5.69 Å². The molecule has 2 N–H and O–H groups in total. The van der Waals surface area contributed by atoms with Gasteiger partial charge in [-0.05, 0) is 17.7 Å². The first kappa shape index (κ1) is 25.3. The predicted molar refractivity (Wildman–Crippen MR) is 135 cm³/mol. The molecule has 7 nitrogen and oxygen atoms in total. The Morgan fingerprint density at radius 1 is 1.12 bits per heavy atom. The van der Waals surface area contributed by atoms with Gasteiger partial charge in [0.2, 0.25) is 5.91 Å². The number of hydrogen-bond donors (Lipinski definition) is 2. The monoisotopic (exact) mass is 691 g/mol. The Hall–Kier alpha value is -1.32. The molecule has 2 heterocycles. The topological polar surface area (TPSA) is 84.2 Å². The van der Waals surface area contributed by atoms with Gasteiger partial charge in [0, 0.05) is 21.8 Å². The third-order valence-corrected chi connectivity index (χ3v) is 8.14. The van der Waals surface area contributed by atoms with Crippen molar-refractivity contribution in [2.75, 3.05) is 16.7 Å². The van der Waals surface area contributed by atoms with E-state index in [0.29, 0.717) is 16.8 Å². The molecule has 11 heteroatoms. The minimum atomic E-state index is -0.140. The van der Waals surface area contributed by atoms with Crippen molar-refractivity contribution in [3.63, 3.8) is 0 Å². The maximum Gasteiger partial charge on any atom is 0.248 e. The molecule has 1 atom stereocenters. The summed E-state index contributed by atoms with van der Waals surface area (Å²) < 4.78 is 3.04. The first-order chi connectivity index (χ1) is 15.2. The molecule has 0 saturated carbocycles. The minimum absolute atomic E-state index is 0. The van der Waals surface area contributed by atoms with Crippen molar-refractivity contribution in [1.29, 1.82) is 0 Å². The summed E-state index contributed by atoms with van der Waals surface area (Å²) in [6.07, 6.45) is 0.659. The van der Waals surface area contributed by atoms with E-state index in [1.165, 1.54) is 11.8 Å². The van der Waals surface area contributed by atoms with Crippen molar-refractivity contribution < 1.29 is 28.8 Å². The summed E-state index contributed by atoms with van der Waals surface area (Å²) in [5.74, 6) is 0.912. The smallest absolute Gasteiger partial charge is 0.248 e. The van der Waals surface area contributed by atoms with Gasteiger partial charge in [0.25, 0.3) is 0 Å². The normalized spacial score (nSPS) is 15.0. The van der Waals surface area contributed by atoms with E-state index in [-0.39, 0.29) is 35.6 Å². The van der Waals surface area contributed by atoms with Crippen molar-refractivity contribution in [1.82, 2.24) is 25.6 Å². The van der Waals surface area contributed by atoms with E-state index in [4.69, 9.17) is 0 Å². The van der Waals surface area contributed by atoms with E-state index in [9.17, 15) is 4.79 Å². The molecule has 1 amide bonds. The first-order valence-electron chi connectivity index (χ1n) is 9.71. The molecule has 3 aromatic rings. The van der Waals surface area contributed by atoms with E-state index in [1.807, 2.05) is 53.1 Å². The standard InChI is InChI=1S/C21H21IN6OS2.HI/c22-12-17-13-23-20(31-17)26-25-19(29)14-30-21-27-24-18(11-15-7-3-1-4-8-15)28(21)16-9-5-2-6-10-16;/h1-10,17H,11-14H2,(H,23,26)(H,25,29);1H/p-1. The molecule has 0 radical (unpaired) electrons. The summed E-state index contributed by atoms with van der Waals surface area (Å²) in [6, 6.07) is 20.1. The highest BCUT2D eigenvalue weighted by atomic mass is 127. The fourth-order valence-electron chi connectivity index (χ4n) is 2.98. The van der Waals surface area contributed by atoms with Gasteiger partial charge >= 0.3 is 0 Å². The van der Waals surface area contributed by atoms with Gasteiger partial charge in [0.05, 0.1) is 12.3 Å². The van der Waals surface area contributed by atoms with Crippen LogP contribution in [-0.2, 0) is 11.2 Å². The average Bonchev–Trinajstić information content (AvgIpc) is 3.44. The van der Waals surface area contributed by atoms with Crippen LogP contribution >= 0.6 is 46.1 Å². The van der Waals surface area contributed by atoms with E-state index in [2.05, 4.69) is 60.8 Å². The highest BCUT2D eigenvalue weighted by molar-refractivity contribution is 14.1. The van der Waals surface area contributed by atoms with Gasteiger partial charge < -0.3 is 24.0 Å². The van der Waals surface area contributed by atoms with E-state index < -0.39 is 0 Å². The lowest BCUT2D eigenvalue weighted by atomic mass is 10.1. The number of aromatic nitrogens is 3. The second-order valence-corrected chi connectivity index (χ2v) is 9.85. The molecular formula is C21H21I2N6OS2-. The number of rotatable bonds is 7. The largest absolute Gasteiger partial charge is 1.00 e. The van der Waals surface area contributed by atoms with E-state index in [1.54, 1.807) is 11.8 Å². The zero-order chi connectivity index (χ0) is 21.5. The zero-order valence-electron chi connectivity index (χ0n) is 16.9. The van der Waals surface area contributed by atoms with Crippen molar-refractivity contribution in [2.45, 2.75) is 16.8 Å². The van der Waals surface area contributed by atoms with Crippen LogP contribution in [0.3, 0.4) is 0 Å². The highest BCUT2D eigenvalue weighted by Crippen LogP contribution is 2.24. The molecule has 32 heavy (non-hydrogen) atoms. The molecule has 1 unspecified atom stereocenters. The third-order valence-electron chi connectivity index (χ3n) is 4.45. The van der Waals surface area contributed by atoms with E-state index in [0.717, 1.165) is 33.2 Å². The Balaban J connectivity index is 0.00000289. The van der Waals surface area contributed by atoms with Crippen LogP contribution in [0.2, 0.25) is 0 Å². The van der Waals surface area contributed by atoms with Gasteiger partial charge in [-0.25, -0.2) is 0 Å². The van der Waals surface area contributed by atoms with Gasteiger partial charge in [0.15, 0.2) is 10.3 Å². The number of hydrazine groups is 1. The number of amidine groups is 1. The van der Waals surface area contributed by atoms with Crippen LogP contribution in [0, 0.1) is 0 Å². The maximum absolute atomic E-state index is 12.4. The molecule has 0 saturated heterocycles. The molecule has 0 aliphatic carbocycles. The molecular weight excluding hydrogens is 670 g/mol. The number of carbonyl (C=O) groups excluding carboxylic acids is 1. The molecule has 1 aromatic heterocycles. The van der Waals surface area contributed by atoms with Crippen LogP contribution < -0.4 is 34.8 Å². The molecule has 1 aliphatic heterocycles. The third kappa shape index (κ3) is 6.84. The van der Waals surface area contributed by atoms with Crippen LogP contribution in [0.15, 0.2) is 70.8 Å². The number of hydrogen-bond acceptors (Lipinski definition) is 7. The lowest BCUT2D eigenvalue weighted by Gasteiger charge is -2.11. The second kappa shape index (κ2) is 12.8. The summed E-state index contributed by atoms with van der Waals surface area (Å²) in [5.41, 5.74) is 7.77. The Labute approximate surface area is 226 Å². The Bertz CT molecular complexity index is 1050. The SMILES string of the molecule is O=C(CSc1nnc(Cc2ccccc2)n1-c1ccccc1)NNC1=NCC(CI)S1.[I-]. The van der Waals surface area contributed by atoms with Gasteiger partial charge in [0.1, 0.15) is 5.82 Å². The fraction of sp³-hybridized carbons (Fsp3) is 0.238. The number of nitrogens with zero attached hydrogens (tertiary/aromatic N) is 4. The quantitative estimate of drug-likeness (QED) is 0.163. The van der Waals surface area contributed by atoms with Gasteiger partial charge in [-0.1, -0.05) is 94.6 Å². The second-order valence-electron chi connectivity index (χ2n) is 6.73. The Morgan fingerprint density at radius 3 is 2.53 bits per heavy atom. The molecule has 4 rings (SSSR count). The zero-order valence-corrected chi connectivity index (χ0v) is 22.9. The number of benzene rings is 2. The number of carbonyl (C=O) groups is 1. The fourth-order valence-corrected chi connectivity index (χ4v) is 5.35. The molecule has 2 aromatic carbocycles. The van der Waals surface area contributed by atoms with Crippen molar-refractivity contribution >= 4 is 57.2 Å². The number of nitrogens with one attached hydrogen (secondary N) is 2. The first-order valence-corrected chi connectivity index (χ1v) is 13.1. The number of alkyl halides is 1. The maximum atomic E-state index is 12.4. The lowest BCUT2D eigenvalue weighted by Crippen LogP contribution is -3.00. The van der Waals surface area contributed by atoms with Crippen LogP contribution in [0.5, 0.6) is 0 Å². The minimum Gasteiger partial charge on any atom is -1.00 e. The summed E-state index contributed by atoms with van der Waals surface area (Å²) in [4.78, 5) is 16.7. The van der Waals surface area contributed by atoms with Gasteiger partial charge in [-0.3, -0.25) is 25.2 Å². The summed E-state index contributed by atoms with van der Waals surface area (Å²) >= 11 is 5.36.